The number of hydrogen-bond acceptors (Lipinski definition) is 5. The molecule has 2 aromatic rings. The molecule has 0 heterocycles. The van der Waals surface area contributed by atoms with Crippen molar-refractivity contribution < 1.29 is 22.7 Å². The minimum absolute atomic E-state index is 0.0291. The summed E-state index contributed by atoms with van der Waals surface area (Å²) >= 11 is 12.5. The average molecular weight is 573 g/mol. The highest BCUT2D eigenvalue weighted by Crippen LogP contribution is 2.30. The Kier molecular flexibility index (Phi) is 11.5. The first-order chi connectivity index (χ1) is 17.4. The van der Waals surface area contributed by atoms with Gasteiger partial charge in [-0.1, -0.05) is 48.3 Å². The van der Waals surface area contributed by atoms with E-state index in [9.17, 15) is 18.0 Å². The van der Waals surface area contributed by atoms with Crippen LogP contribution in [0.15, 0.2) is 42.5 Å². The second-order valence-corrected chi connectivity index (χ2v) is 11.6. The summed E-state index contributed by atoms with van der Waals surface area (Å²) in [4.78, 5) is 27.7. The molecular weight excluding hydrogens is 537 g/mol. The molecule has 0 fully saturated rings. The predicted octanol–water partition coefficient (Wildman–Crippen LogP) is 4.88. The lowest BCUT2D eigenvalue weighted by molar-refractivity contribution is -0.140. The summed E-state index contributed by atoms with van der Waals surface area (Å²) in [6.45, 7) is 5.74. The van der Waals surface area contributed by atoms with Crippen LogP contribution in [0.1, 0.15) is 45.6 Å². The lowest BCUT2D eigenvalue weighted by Crippen LogP contribution is -2.49. The molecule has 0 saturated carbocycles. The van der Waals surface area contributed by atoms with Crippen molar-refractivity contribution in [3.05, 3.63) is 58.1 Å². The first-order valence-corrected chi connectivity index (χ1v) is 14.6. The molecule has 0 saturated heterocycles. The van der Waals surface area contributed by atoms with Crippen LogP contribution in [0, 0.1) is 0 Å². The monoisotopic (exact) mass is 571 g/mol. The van der Waals surface area contributed by atoms with Gasteiger partial charge >= 0.3 is 0 Å². The van der Waals surface area contributed by atoms with E-state index in [-0.39, 0.29) is 48.8 Å². The summed E-state index contributed by atoms with van der Waals surface area (Å²) in [5.74, 6) is -0.123. The smallest absolute Gasteiger partial charge is 0.242 e. The molecular formula is C26H35Cl2N3O5S. The molecule has 0 spiro atoms. The molecule has 0 aliphatic rings. The van der Waals surface area contributed by atoms with Gasteiger partial charge in [0.15, 0.2) is 0 Å². The van der Waals surface area contributed by atoms with Gasteiger partial charge in [-0.2, -0.15) is 0 Å². The van der Waals surface area contributed by atoms with Gasteiger partial charge in [0.05, 0.1) is 24.1 Å². The third-order valence-corrected chi connectivity index (χ3v) is 7.90. The maximum absolute atomic E-state index is 13.4. The van der Waals surface area contributed by atoms with Gasteiger partial charge in [-0.3, -0.25) is 13.9 Å². The zero-order valence-electron chi connectivity index (χ0n) is 21.8. The van der Waals surface area contributed by atoms with Gasteiger partial charge < -0.3 is 15.0 Å². The van der Waals surface area contributed by atoms with Crippen LogP contribution in [-0.4, -0.2) is 57.1 Å². The molecule has 0 aliphatic carbocycles. The first-order valence-electron chi connectivity index (χ1n) is 12.0. The third-order valence-electron chi connectivity index (χ3n) is 6.04. The molecule has 0 aromatic heterocycles. The van der Waals surface area contributed by atoms with Gasteiger partial charge in [-0.05, 0) is 56.5 Å². The van der Waals surface area contributed by atoms with E-state index in [1.165, 1.54) is 22.4 Å². The van der Waals surface area contributed by atoms with E-state index in [4.69, 9.17) is 27.9 Å². The standard InChI is InChI=1S/C26H35Cl2N3O5S/c1-6-18(2)29-26(33)19(3)30(17-20-10-7-8-11-22(20)27)25(32)12-9-15-31(37(5,34)35)21-13-14-24(36-4)23(28)16-21/h7-8,10-11,13-14,16,18-19H,6,9,12,15,17H2,1-5H3,(H,29,33). The summed E-state index contributed by atoms with van der Waals surface area (Å²) in [5.41, 5.74) is 1.08. The van der Waals surface area contributed by atoms with Crippen molar-refractivity contribution in [2.45, 2.75) is 58.7 Å². The number of hydrogen-bond donors (Lipinski definition) is 1. The number of carbonyl (C=O) groups is 2. The molecule has 2 atom stereocenters. The molecule has 8 nitrogen and oxygen atoms in total. The van der Waals surface area contributed by atoms with Gasteiger partial charge in [0.25, 0.3) is 0 Å². The molecule has 0 aliphatic heterocycles. The summed E-state index contributed by atoms with van der Waals surface area (Å²) in [7, 11) is -2.17. The second kappa shape index (κ2) is 13.9. The van der Waals surface area contributed by atoms with Crippen LogP contribution in [0.4, 0.5) is 5.69 Å². The van der Waals surface area contributed by atoms with Crippen molar-refractivity contribution in [1.29, 1.82) is 0 Å². The Morgan fingerprint density at radius 3 is 2.32 bits per heavy atom. The van der Waals surface area contributed by atoms with E-state index in [2.05, 4.69) is 5.32 Å². The number of ether oxygens (including phenoxy) is 1. The van der Waals surface area contributed by atoms with Crippen molar-refractivity contribution in [1.82, 2.24) is 10.2 Å². The summed E-state index contributed by atoms with van der Waals surface area (Å²) in [5, 5.41) is 3.69. The van der Waals surface area contributed by atoms with Crippen LogP contribution in [0.25, 0.3) is 0 Å². The van der Waals surface area contributed by atoms with Crippen LogP contribution >= 0.6 is 23.2 Å². The molecule has 2 unspecified atom stereocenters. The highest BCUT2D eigenvalue weighted by molar-refractivity contribution is 7.92. The summed E-state index contributed by atoms with van der Waals surface area (Å²) in [6.07, 6.45) is 2.11. The molecule has 2 rings (SSSR count). The number of amides is 2. The van der Waals surface area contributed by atoms with Crippen LogP contribution in [0.5, 0.6) is 5.75 Å². The molecule has 1 N–H and O–H groups in total. The van der Waals surface area contributed by atoms with E-state index in [0.717, 1.165) is 12.7 Å². The van der Waals surface area contributed by atoms with E-state index < -0.39 is 16.1 Å². The highest BCUT2D eigenvalue weighted by atomic mass is 35.5. The maximum Gasteiger partial charge on any atom is 0.242 e. The van der Waals surface area contributed by atoms with E-state index in [1.807, 2.05) is 19.9 Å². The van der Waals surface area contributed by atoms with Crippen molar-refractivity contribution in [3.8, 4) is 5.75 Å². The summed E-state index contributed by atoms with van der Waals surface area (Å²) < 4.78 is 31.3. The molecule has 204 valence electrons. The second-order valence-electron chi connectivity index (χ2n) is 8.86. The molecule has 0 radical (unpaired) electrons. The zero-order valence-corrected chi connectivity index (χ0v) is 24.2. The lowest BCUT2D eigenvalue weighted by Gasteiger charge is -2.30. The predicted molar refractivity (Wildman–Crippen MR) is 149 cm³/mol. The van der Waals surface area contributed by atoms with Crippen molar-refractivity contribution in [3.63, 3.8) is 0 Å². The maximum atomic E-state index is 13.4. The Balaban J connectivity index is 2.21. The van der Waals surface area contributed by atoms with E-state index in [1.54, 1.807) is 37.3 Å². The van der Waals surface area contributed by atoms with Gasteiger partial charge in [-0.15, -0.1) is 0 Å². The number of rotatable bonds is 13. The number of halogens is 2. The van der Waals surface area contributed by atoms with Crippen LogP contribution in [-0.2, 0) is 26.2 Å². The fourth-order valence-corrected chi connectivity index (χ4v) is 5.08. The number of carbonyl (C=O) groups excluding carboxylic acids is 2. The van der Waals surface area contributed by atoms with Crippen LogP contribution in [0.2, 0.25) is 10.0 Å². The Labute approximate surface area is 229 Å². The van der Waals surface area contributed by atoms with Crippen molar-refractivity contribution in [2.75, 3.05) is 24.2 Å². The van der Waals surface area contributed by atoms with Gasteiger partial charge in [0.1, 0.15) is 11.8 Å². The third kappa shape index (κ3) is 8.79. The molecule has 11 heteroatoms. The number of anilines is 1. The summed E-state index contributed by atoms with van der Waals surface area (Å²) in [6, 6.07) is 11.1. The average Bonchev–Trinajstić information content (AvgIpc) is 2.84. The first kappa shape index (κ1) is 30.7. The van der Waals surface area contributed by atoms with Crippen LogP contribution < -0.4 is 14.4 Å². The van der Waals surface area contributed by atoms with Gasteiger partial charge in [0.2, 0.25) is 21.8 Å². The number of nitrogens with one attached hydrogen (secondary N) is 1. The van der Waals surface area contributed by atoms with E-state index >= 15 is 0 Å². The molecule has 2 aromatic carbocycles. The number of sulfonamides is 1. The number of nitrogens with zero attached hydrogens (tertiary/aromatic N) is 2. The molecule has 0 bridgehead atoms. The quantitative estimate of drug-likeness (QED) is 0.369. The van der Waals surface area contributed by atoms with Crippen molar-refractivity contribution >= 4 is 50.7 Å². The minimum Gasteiger partial charge on any atom is -0.495 e. The topological polar surface area (TPSA) is 96.0 Å². The lowest BCUT2D eigenvalue weighted by atomic mass is 10.1. The Morgan fingerprint density at radius 2 is 1.76 bits per heavy atom. The SMILES string of the molecule is CCC(C)NC(=O)C(C)N(Cc1ccccc1Cl)C(=O)CCCN(c1ccc(OC)c(Cl)c1)S(C)(=O)=O. The Morgan fingerprint density at radius 1 is 1.08 bits per heavy atom. The van der Waals surface area contributed by atoms with Gasteiger partial charge in [-0.25, -0.2) is 8.42 Å². The fourth-order valence-electron chi connectivity index (χ4n) is 3.67. The Bertz CT molecular complexity index is 1190. The zero-order chi connectivity index (χ0) is 27.8. The highest BCUT2D eigenvalue weighted by Gasteiger charge is 2.28. The number of methoxy groups -OCH3 is 1. The molecule has 2 amide bonds. The fraction of sp³-hybridized carbons (Fsp3) is 0.462. The number of benzene rings is 2. The van der Waals surface area contributed by atoms with Crippen molar-refractivity contribution in [2.24, 2.45) is 0 Å². The normalized spacial score (nSPS) is 12.9. The largest absolute Gasteiger partial charge is 0.495 e. The van der Waals surface area contributed by atoms with Crippen LogP contribution in [0.3, 0.4) is 0 Å². The Hall–Kier alpha value is -2.49. The molecule has 37 heavy (non-hydrogen) atoms. The minimum atomic E-state index is -3.65. The van der Waals surface area contributed by atoms with Gasteiger partial charge in [0, 0.05) is 30.6 Å². The van der Waals surface area contributed by atoms with E-state index in [0.29, 0.717) is 22.0 Å².